The highest BCUT2D eigenvalue weighted by Gasteiger charge is 2.18. The average molecular weight is 202 g/mol. The van der Waals surface area contributed by atoms with Crippen LogP contribution in [-0.2, 0) is 0 Å². The maximum absolute atomic E-state index is 5.84. The Kier molecular flexibility index (Phi) is 2.18. The average Bonchev–Trinajstić information content (AvgIpc) is 2.74. The lowest BCUT2D eigenvalue weighted by atomic mass is 9.95. The smallest absolute Gasteiger partial charge is 0.137 e. The molecule has 1 aliphatic heterocycles. The Balaban J connectivity index is 1.96. The Morgan fingerprint density at radius 1 is 1.33 bits per heavy atom. The summed E-state index contributed by atoms with van der Waals surface area (Å²) in [4.78, 5) is 4.10. The minimum absolute atomic E-state index is 0.582. The first-order valence-electron chi connectivity index (χ1n) is 5.47. The topological polar surface area (TPSA) is 38.1 Å². The van der Waals surface area contributed by atoms with E-state index < -0.39 is 0 Å². The van der Waals surface area contributed by atoms with Gasteiger partial charge in [-0.3, -0.25) is 4.98 Å². The number of hydrogen-bond donors (Lipinski definition) is 1. The van der Waals surface area contributed by atoms with E-state index in [4.69, 9.17) is 4.42 Å². The zero-order chi connectivity index (χ0) is 10.1. The van der Waals surface area contributed by atoms with Crippen molar-refractivity contribution in [3.8, 4) is 0 Å². The summed E-state index contributed by atoms with van der Waals surface area (Å²) in [6.45, 7) is 2.19. The molecule has 78 valence electrons. The minimum Gasteiger partial charge on any atom is -0.461 e. The zero-order valence-corrected chi connectivity index (χ0v) is 8.57. The molecule has 15 heavy (non-hydrogen) atoms. The SMILES string of the molecule is c1cc2oc(C3CCNCC3)cc2cn1. The van der Waals surface area contributed by atoms with Crippen molar-refractivity contribution in [1.82, 2.24) is 10.3 Å². The van der Waals surface area contributed by atoms with Crippen LogP contribution in [0.5, 0.6) is 0 Å². The summed E-state index contributed by atoms with van der Waals surface area (Å²) < 4.78 is 5.84. The fraction of sp³-hybridized carbons (Fsp3) is 0.417. The highest BCUT2D eigenvalue weighted by atomic mass is 16.3. The van der Waals surface area contributed by atoms with Crippen LogP contribution in [0.25, 0.3) is 11.0 Å². The molecule has 0 bridgehead atoms. The molecule has 3 nitrogen and oxygen atoms in total. The van der Waals surface area contributed by atoms with Gasteiger partial charge in [0.1, 0.15) is 11.3 Å². The monoisotopic (exact) mass is 202 g/mol. The lowest BCUT2D eigenvalue weighted by molar-refractivity contribution is 0.397. The Morgan fingerprint density at radius 2 is 2.20 bits per heavy atom. The molecule has 1 saturated heterocycles. The number of rotatable bonds is 1. The number of hydrogen-bond acceptors (Lipinski definition) is 3. The molecule has 0 spiro atoms. The molecular formula is C12H14N2O. The molecular weight excluding hydrogens is 188 g/mol. The third kappa shape index (κ3) is 1.63. The van der Waals surface area contributed by atoms with Gasteiger partial charge in [-0.25, -0.2) is 0 Å². The largest absolute Gasteiger partial charge is 0.461 e. The molecule has 0 atom stereocenters. The second-order valence-electron chi connectivity index (χ2n) is 4.09. The van der Waals surface area contributed by atoms with Crippen molar-refractivity contribution in [1.29, 1.82) is 0 Å². The first kappa shape index (κ1) is 8.92. The van der Waals surface area contributed by atoms with E-state index in [1.54, 1.807) is 6.20 Å². The fourth-order valence-corrected chi connectivity index (χ4v) is 2.21. The molecule has 2 aromatic rings. The lowest BCUT2D eigenvalue weighted by Gasteiger charge is -2.20. The van der Waals surface area contributed by atoms with Crippen LogP contribution in [0.15, 0.2) is 28.9 Å². The van der Waals surface area contributed by atoms with Gasteiger partial charge in [-0.05, 0) is 38.1 Å². The zero-order valence-electron chi connectivity index (χ0n) is 8.57. The van der Waals surface area contributed by atoms with Crippen molar-refractivity contribution < 1.29 is 4.42 Å². The molecule has 3 heterocycles. The highest BCUT2D eigenvalue weighted by molar-refractivity contribution is 5.76. The van der Waals surface area contributed by atoms with Crippen molar-refractivity contribution in [3.63, 3.8) is 0 Å². The van der Waals surface area contributed by atoms with Gasteiger partial charge in [-0.15, -0.1) is 0 Å². The number of furan rings is 1. The molecule has 1 fully saturated rings. The fourth-order valence-electron chi connectivity index (χ4n) is 2.21. The quantitative estimate of drug-likeness (QED) is 0.771. The molecule has 0 radical (unpaired) electrons. The summed E-state index contributed by atoms with van der Waals surface area (Å²) in [6.07, 6.45) is 5.99. The van der Waals surface area contributed by atoms with Gasteiger partial charge >= 0.3 is 0 Å². The molecule has 0 saturated carbocycles. The maximum atomic E-state index is 5.84. The van der Waals surface area contributed by atoms with Crippen LogP contribution in [0.4, 0.5) is 0 Å². The number of aromatic nitrogens is 1. The molecule has 2 aromatic heterocycles. The number of nitrogens with zero attached hydrogens (tertiary/aromatic N) is 1. The van der Waals surface area contributed by atoms with E-state index in [9.17, 15) is 0 Å². The van der Waals surface area contributed by atoms with E-state index in [1.807, 2.05) is 12.3 Å². The first-order valence-corrected chi connectivity index (χ1v) is 5.47. The van der Waals surface area contributed by atoms with Crippen molar-refractivity contribution in [2.75, 3.05) is 13.1 Å². The van der Waals surface area contributed by atoms with Gasteiger partial charge in [0.05, 0.1) is 0 Å². The molecule has 0 aliphatic carbocycles. The Bertz CT molecular complexity index is 424. The van der Waals surface area contributed by atoms with Crippen molar-refractivity contribution >= 4 is 11.0 Å². The summed E-state index contributed by atoms with van der Waals surface area (Å²) in [7, 11) is 0. The Morgan fingerprint density at radius 3 is 3.00 bits per heavy atom. The summed E-state index contributed by atoms with van der Waals surface area (Å²) >= 11 is 0. The van der Waals surface area contributed by atoms with Crippen LogP contribution < -0.4 is 5.32 Å². The van der Waals surface area contributed by atoms with Crippen LogP contribution in [-0.4, -0.2) is 18.1 Å². The van der Waals surface area contributed by atoms with Gasteiger partial charge in [0, 0.05) is 23.7 Å². The molecule has 0 amide bonds. The summed E-state index contributed by atoms with van der Waals surface area (Å²) in [5.74, 6) is 1.71. The Hall–Kier alpha value is -1.35. The lowest BCUT2D eigenvalue weighted by Crippen LogP contribution is -2.26. The first-order chi connectivity index (χ1) is 7.43. The standard InChI is InChI=1S/C12H14N2O/c1-4-13-5-2-9(1)12-7-10-8-14-6-3-11(10)15-12/h3,6-9,13H,1-2,4-5H2. The van der Waals surface area contributed by atoms with E-state index in [1.165, 1.54) is 12.8 Å². The van der Waals surface area contributed by atoms with Crippen LogP contribution in [0.2, 0.25) is 0 Å². The predicted molar refractivity (Wildman–Crippen MR) is 58.9 cm³/mol. The molecule has 1 aliphatic rings. The predicted octanol–water partition coefficient (Wildman–Crippen LogP) is 2.29. The van der Waals surface area contributed by atoms with Crippen LogP contribution in [0.3, 0.4) is 0 Å². The van der Waals surface area contributed by atoms with E-state index >= 15 is 0 Å². The van der Waals surface area contributed by atoms with Gasteiger partial charge in [0.25, 0.3) is 0 Å². The van der Waals surface area contributed by atoms with Gasteiger partial charge in [-0.2, -0.15) is 0 Å². The molecule has 3 heteroatoms. The third-order valence-electron chi connectivity index (χ3n) is 3.08. The van der Waals surface area contributed by atoms with E-state index in [2.05, 4.69) is 16.4 Å². The molecule has 0 unspecified atom stereocenters. The van der Waals surface area contributed by atoms with Crippen LogP contribution in [0, 0.1) is 0 Å². The molecule has 3 rings (SSSR count). The number of pyridine rings is 1. The van der Waals surface area contributed by atoms with Crippen LogP contribution in [0.1, 0.15) is 24.5 Å². The van der Waals surface area contributed by atoms with E-state index in [-0.39, 0.29) is 0 Å². The second kappa shape index (κ2) is 3.66. The van der Waals surface area contributed by atoms with Gasteiger partial charge in [0.15, 0.2) is 0 Å². The third-order valence-corrected chi connectivity index (χ3v) is 3.08. The minimum atomic E-state index is 0.582. The van der Waals surface area contributed by atoms with Crippen molar-refractivity contribution in [2.45, 2.75) is 18.8 Å². The summed E-state index contributed by atoms with van der Waals surface area (Å²) in [6, 6.07) is 4.07. The van der Waals surface area contributed by atoms with E-state index in [0.29, 0.717) is 5.92 Å². The highest BCUT2D eigenvalue weighted by Crippen LogP contribution is 2.29. The van der Waals surface area contributed by atoms with Gasteiger partial charge in [0.2, 0.25) is 0 Å². The normalized spacial score (nSPS) is 18.4. The summed E-state index contributed by atoms with van der Waals surface area (Å²) in [5, 5.41) is 4.48. The molecule has 1 N–H and O–H groups in total. The van der Waals surface area contributed by atoms with E-state index in [0.717, 1.165) is 29.8 Å². The summed E-state index contributed by atoms with van der Waals surface area (Å²) in [5.41, 5.74) is 0.957. The van der Waals surface area contributed by atoms with Gasteiger partial charge < -0.3 is 9.73 Å². The maximum Gasteiger partial charge on any atom is 0.137 e. The van der Waals surface area contributed by atoms with Gasteiger partial charge in [-0.1, -0.05) is 0 Å². The van der Waals surface area contributed by atoms with Crippen LogP contribution >= 0.6 is 0 Å². The van der Waals surface area contributed by atoms with Crippen molar-refractivity contribution in [2.24, 2.45) is 0 Å². The number of nitrogens with one attached hydrogen (secondary N) is 1. The number of fused-ring (bicyclic) bond motifs is 1. The number of piperidine rings is 1. The van der Waals surface area contributed by atoms with Crippen molar-refractivity contribution in [3.05, 3.63) is 30.3 Å². The molecule has 0 aromatic carbocycles. The Labute approximate surface area is 88.5 Å². The second-order valence-corrected chi connectivity index (χ2v) is 4.09.